The third kappa shape index (κ3) is 5.32. The van der Waals surface area contributed by atoms with Crippen molar-refractivity contribution in [2.24, 2.45) is 17.4 Å². The zero-order chi connectivity index (χ0) is 10.4. The number of carbonyl (C=O) groups is 2. The Morgan fingerprint density at radius 2 is 1.92 bits per heavy atom. The second-order valence-corrected chi connectivity index (χ2v) is 3.23. The Bertz CT molecular complexity index is 192. The van der Waals surface area contributed by atoms with E-state index in [-0.39, 0.29) is 12.5 Å². The molecule has 5 heteroatoms. The van der Waals surface area contributed by atoms with E-state index in [9.17, 15) is 9.59 Å². The summed E-state index contributed by atoms with van der Waals surface area (Å²) in [6, 6.07) is -0.740. The number of ether oxygens (including phenoxy) is 1. The number of rotatable bonds is 4. The highest BCUT2D eigenvalue weighted by molar-refractivity contribution is 5.89. The van der Waals surface area contributed by atoms with Crippen LogP contribution in [0.5, 0.6) is 0 Å². The van der Waals surface area contributed by atoms with Gasteiger partial charge in [-0.15, -0.1) is 0 Å². The predicted octanol–water partition coefficient (Wildman–Crippen LogP) is -0.612. The Balaban J connectivity index is 3.89. The van der Waals surface area contributed by atoms with Gasteiger partial charge in [0.25, 0.3) is 0 Å². The van der Waals surface area contributed by atoms with Crippen LogP contribution in [0.15, 0.2) is 0 Å². The molecule has 0 saturated carbocycles. The summed E-state index contributed by atoms with van der Waals surface area (Å²) in [5.41, 5.74) is 10.4. The number of esters is 2. The van der Waals surface area contributed by atoms with Crippen LogP contribution in [0.1, 0.15) is 20.3 Å². The highest BCUT2D eigenvalue weighted by atomic mass is 16.6. The van der Waals surface area contributed by atoms with Crippen molar-refractivity contribution >= 4 is 11.9 Å². The first kappa shape index (κ1) is 12.1. The van der Waals surface area contributed by atoms with Crippen LogP contribution in [0.2, 0.25) is 0 Å². The van der Waals surface area contributed by atoms with Gasteiger partial charge in [0, 0.05) is 0 Å². The molecule has 0 rings (SSSR count). The molecule has 0 amide bonds. The molecule has 0 aliphatic heterocycles. The predicted molar refractivity (Wildman–Crippen MR) is 47.6 cm³/mol. The summed E-state index contributed by atoms with van der Waals surface area (Å²) in [7, 11) is 0. The van der Waals surface area contributed by atoms with E-state index in [2.05, 4.69) is 4.74 Å². The van der Waals surface area contributed by atoms with Gasteiger partial charge in [-0.2, -0.15) is 0 Å². The van der Waals surface area contributed by atoms with Gasteiger partial charge in [0.15, 0.2) is 0 Å². The lowest BCUT2D eigenvalue weighted by Gasteiger charge is -2.11. The van der Waals surface area contributed by atoms with Crippen molar-refractivity contribution in [2.75, 3.05) is 6.54 Å². The fraction of sp³-hybridized carbons (Fsp3) is 0.750. The second kappa shape index (κ2) is 5.66. The van der Waals surface area contributed by atoms with Gasteiger partial charge in [0.05, 0.1) is 6.54 Å². The molecule has 5 nitrogen and oxygen atoms in total. The molecule has 0 aliphatic carbocycles. The van der Waals surface area contributed by atoms with Crippen LogP contribution < -0.4 is 11.5 Å². The minimum atomic E-state index is -0.746. The highest BCUT2D eigenvalue weighted by Gasteiger charge is 2.18. The van der Waals surface area contributed by atoms with Crippen LogP contribution in [-0.4, -0.2) is 24.5 Å². The molecule has 0 bridgehead atoms. The van der Waals surface area contributed by atoms with Crippen molar-refractivity contribution in [3.05, 3.63) is 0 Å². The van der Waals surface area contributed by atoms with E-state index in [4.69, 9.17) is 11.5 Å². The van der Waals surface area contributed by atoms with Gasteiger partial charge in [-0.25, -0.2) is 4.79 Å². The van der Waals surface area contributed by atoms with Crippen molar-refractivity contribution in [3.63, 3.8) is 0 Å². The van der Waals surface area contributed by atoms with E-state index in [1.807, 2.05) is 13.8 Å². The summed E-state index contributed by atoms with van der Waals surface area (Å²) in [5.74, 6) is -1.16. The molecule has 0 aliphatic rings. The van der Waals surface area contributed by atoms with Crippen LogP contribution in [0.4, 0.5) is 0 Å². The molecule has 76 valence electrons. The standard InChI is InChI=1S/C8H16N2O3/c1-5(2)3-6(10)8(12)13-7(11)4-9/h5-6H,3-4,9-10H2,1-2H3/t6-/m1/s1. The summed E-state index contributed by atoms with van der Waals surface area (Å²) in [6.07, 6.45) is 0.497. The average molecular weight is 188 g/mol. The first-order chi connectivity index (χ1) is 5.97. The molecule has 4 N–H and O–H groups in total. The fourth-order valence-corrected chi connectivity index (χ4v) is 0.834. The Kier molecular flexibility index (Phi) is 5.25. The van der Waals surface area contributed by atoms with Gasteiger partial charge >= 0.3 is 11.9 Å². The highest BCUT2D eigenvalue weighted by Crippen LogP contribution is 2.03. The number of nitrogens with two attached hydrogens (primary N) is 2. The van der Waals surface area contributed by atoms with E-state index >= 15 is 0 Å². The number of hydrogen-bond acceptors (Lipinski definition) is 5. The van der Waals surface area contributed by atoms with Crippen LogP contribution in [0, 0.1) is 5.92 Å². The van der Waals surface area contributed by atoms with Gasteiger partial charge < -0.3 is 16.2 Å². The number of hydrogen-bond donors (Lipinski definition) is 2. The Morgan fingerprint density at radius 1 is 1.38 bits per heavy atom. The maximum absolute atomic E-state index is 11.0. The minimum absolute atomic E-state index is 0.288. The molecule has 0 radical (unpaired) electrons. The van der Waals surface area contributed by atoms with E-state index in [0.717, 1.165) is 0 Å². The molecule has 0 spiro atoms. The lowest BCUT2D eigenvalue weighted by atomic mass is 10.1. The SMILES string of the molecule is CC(C)C[C@@H](N)C(=O)OC(=O)CN. The zero-order valence-corrected chi connectivity index (χ0v) is 7.95. The number of carbonyl (C=O) groups excluding carboxylic acids is 2. The van der Waals surface area contributed by atoms with E-state index in [1.54, 1.807) is 0 Å². The van der Waals surface area contributed by atoms with E-state index in [1.165, 1.54) is 0 Å². The molecule has 0 saturated heterocycles. The smallest absolute Gasteiger partial charge is 0.330 e. The average Bonchev–Trinajstić information content (AvgIpc) is 2.02. The lowest BCUT2D eigenvalue weighted by Crippen LogP contribution is -2.36. The van der Waals surface area contributed by atoms with Crippen molar-refractivity contribution in [1.29, 1.82) is 0 Å². The molecule has 13 heavy (non-hydrogen) atoms. The van der Waals surface area contributed by atoms with E-state index < -0.39 is 18.0 Å². The largest absolute Gasteiger partial charge is 0.391 e. The Labute approximate surface area is 77.4 Å². The maximum Gasteiger partial charge on any atom is 0.330 e. The van der Waals surface area contributed by atoms with Crippen molar-refractivity contribution < 1.29 is 14.3 Å². The third-order valence-electron chi connectivity index (χ3n) is 1.41. The van der Waals surface area contributed by atoms with Gasteiger partial charge in [0.2, 0.25) is 0 Å². The summed E-state index contributed by atoms with van der Waals surface area (Å²) in [6.45, 7) is 3.55. The monoisotopic (exact) mass is 188 g/mol. The normalized spacial score (nSPS) is 12.7. The molecule has 0 heterocycles. The molecular weight excluding hydrogens is 172 g/mol. The topological polar surface area (TPSA) is 95.4 Å². The first-order valence-electron chi connectivity index (χ1n) is 4.17. The molecule has 0 aromatic carbocycles. The Hall–Kier alpha value is -0.940. The van der Waals surface area contributed by atoms with Gasteiger partial charge in [-0.1, -0.05) is 13.8 Å². The molecule has 0 fully saturated rings. The summed E-state index contributed by atoms with van der Waals surface area (Å²) in [4.78, 5) is 21.6. The minimum Gasteiger partial charge on any atom is -0.391 e. The first-order valence-corrected chi connectivity index (χ1v) is 4.17. The van der Waals surface area contributed by atoms with Crippen molar-refractivity contribution in [1.82, 2.24) is 0 Å². The van der Waals surface area contributed by atoms with Gasteiger partial charge in [-0.05, 0) is 12.3 Å². The van der Waals surface area contributed by atoms with E-state index in [0.29, 0.717) is 6.42 Å². The summed E-state index contributed by atoms with van der Waals surface area (Å²) < 4.78 is 4.33. The zero-order valence-electron chi connectivity index (χ0n) is 7.95. The summed E-state index contributed by atoms with van der Waals surface area (Å²) >= 11 is 0. The van der Waals surface area contributed by atoms with Gasteiger partial charge in [0.1, 0.15) is 6.04 Å². The molecule has 0 aromatic rings. The third-order valence-corrected chi connectivity index (χ3v) is 1.41. The molecule has 1 atom stereocenters. The lowest BCUT2D eigenvalue weighted by molar-refractivity contribution is -0.159. The van der Waals surface area contributed by atoms with Crippen LogP contribution >= 0.6 is 0 Å². The molecule has 0 aromatic heterocycles. The Morgan fingerprint density at radius 3 is 2.31 bits per heavy atom. The van der Waals surface area contributed by atoms with Crippen LogP contribution in [0.25, 0.3) is 0 Å². The van der Waals surface area contributed by atoms with Gasteiger partial charge in [-0.3, -0.25) is 4.79 Å². The maximum atomic E-state index is 11.0. The molecule has 0 unspecified atom stereocenters. The second-order valence-electron chi connectivity index (χ2n) is 3.23. The molecular formula is C8H16N2O3. The van der Waals surface area contributed by atoms with Crippen molar-refractivity contribution in [3.8, 4) is 0 Å². The van der Waals surface area contributed by atoms with Crippen molar-refractivity contribution in [2.45, 2.75) is 26.3 Å². The van der Waals surface area contributed by atoms with Crippen LogP contribution in [0.3, 0.4) is 0 Å². The van der Waals surface area contributed by atoms with Crippen LogP contribution in [-0.2, 0) is 14.3 Å². The summed E-state index contributed by atoms with van der Waals surface area (Å²) in [5, 5.41) is 0. The fourth-order valence-electron chi connectivity index (χ4n) is 0.834. The quantitative estimate of drug-likeness (QED) is 0.453.